The van der Waals surface area contributed by atoms with Crippen LogP contribution in [0, 0.1) is 11.2 Å². The molecule has 21 heavy (non-hydrogen) atoms. The van der Waals surface area contributed by atoms with E-state index in [1.165, 1.54) is 29.5 Å². The number of aromatic nitrogens is 3. The van der Waals surface area contributed by atoms with E-state index < -0.39 is 5.41 Å². The lowest BCUT2D eigenvalue weighted by Crippen LogP contribution is -2.30. The van der Waals surface area contributed by atoms with Crippen LogP contribution in [0.2, 0.25) is 0 Å². The normalized spacial score (nSPS) is 11.4. The molecule has 0 aliphatic carbocycles. The molecule has 0 saturated carbocycles. The summed E-state index contributed by atoms with van der Waals surface area (Å²) in [5.74, 6) is 0.359. The Hall–Kier alpha value is -2.24. The molecule has 0 bridgehead atoms. The molecule has 0 amide bonds. The van der Waals surface area contributed by atoms with E-state index in [9.17, 15) is 9.18 Å². The summed E-state index contributed by atoms with van der Waals surface area (Å²) in [6.07, 6.45) is 3.48. The van der Waals surface area contributed by atoms with Crippen LogP contribution < -0.4 is 4.74 Å². The highest BCUT2D eigenvalue weighted by Crippen LogP contribution is 2.23. The fourth-order valence-electron chi connectivity index (χ4n) is 1.77. The Morgan fingerprint density at radius 3 is 2.67 bits per heavy atom. The first-order valence-corrected chi connectivity index (χ1v) is 6.71. The first kappa shape index (κ1) is 15.2. The predicted molar refractivity (Wildman–Crippen MR) is 75.3 cm³/mol. The first-order valence-electron chi connectivity index (χ1n) is 6.71. The number of halogens is 1. The SMILES string of the molecule is CC(C)(CCOc1ccc(F)cc1)C(=O)Cn1cncn1. The first-order chi connectivity index (χ1) is 9.97. The maximum Gasteiger partial charge on any atom is 0.160 e. The van der Waals surface area contributed by atoms with Crippen molar-refractivity contribution in [3.63, 3.8) is 0 Å². The molecule has 2 rings (SSSR count). The van der Waals surface area contributed by atoms with Gasteiger partial charge in [0.2, 0.25) is 0 Å². The smallest absolute Gasteiger partial charge is 0.160 e. The van der Waals surface area contributed by atoms with E-state index in [-0.39, 0.29) is 18.1 Å². The summed E-state index contributed by atoms with van der Waals surface area (Å²) < 4.78 is 19.8. The number of rotatable bonds is 7. The summed E-state index contributed by atoms with van der Waals surface area (Å²) in [5.41, 5.74) is -0.522. The molecule has 0 fully saturated rings. The number of ketones is 1. The van der Waals surface area contributed by atoms with Gasteiger partial charge >= 0.3 is 0 Å². The van der Waals surface area contributed by atoms with Crippen LogP contribution in [0.25, 0.3) is 0 Å². The Morgan fingerprint density at radius 2 is 2.05 bits per heavy atom. The second-order valence-corrected chi connectivity index (χ2v) is 5.45. The van der Waals surface area contributed by atoms with Gasteiger partial charge in [-0.05, 0) is 30.7 Å². The Bertz CT molecular complexity index is 579. The minimum atomic E-state index is -0.522. The van der Waals surface area contributed by atoms with Crippen LogP contribution in [0.15, 0.2) is 36.9 Å². The van der Waals surface area contributed by atoms with E-state index in [0.717, 1.165) is 0 Å². The lowest BCUT2D eigenvalue weighted by Gasteiger charge is -2.23. The average Bonchev–Trinajstić information content (AvgIpc) is 2.94. The quantitative estimate of drug-likeness (QED) is 0.786. The molecule has 112 valence electrons. The third kappa shape index (κ3) is 4.37. The van der Waals surface area contributed by atoms with Crippen molar-refractivity contribution in [2.45, 2.75) is 26.8 Å². The monoisotopic (exact) mass is 291 g/mol. The number of Topliss-reactive ketones (excluding diaryl/α,β-unsaturated/α-hetero) is 1. The molecule has 0 unspecified atom stereocenters. The third-order valence-electron chi connectivity index (χ3n) is 3.34. The van der Waals surface area contributed by atoms with Crippen LogP contribution in [0.1, 0.15) is 20.3 Å². The molecule has 1 aromatic heterocycles. The summed E-state index contributed by atoms with van der Waals surface area (Å²) >= 11 is 0. The Balaban J connectivity index is 1.82. The molecule has 0 aliphatic rings. The van der Waals surface area contributed by atoms with Crippen molar-refractivity contribution in [1.29, 1.82) is 0 Å². The van der Waals surface area contributed by atoms with Gasteiger partial charge in [-0.15, -0.1) is 0 Å². The summed E-state index contributed by atoms with van der Waals surface area (Å²) in [4.78, 5) is 16.0. The standard InChI is InChI=1S/C15H18FN3O2/c1-15(2,14(20)9-19-11-17-10-18-19)7-8-21-13-5-3-12(16)4-6-13/h3-6,10-11H,7-9H2,1-2H3. The van der Waals surface area contributed by atoms with Crippen molar-refractivity contribution in [3.05, 3.63) is 42.7 Å². The van der Waals surface area contributed by atoms with Gasteiger partial charge in [-0.3, -0.25) is 4.79 Å². The van der Waals surface area contributed by atoms with Crippen LogP contribution in [-0.4, -0.2) is 27.2 Å². The van der Waals surface area contributed by atoms with Gasteiger partial charge in [0.1, 0.15) is 30.8 Å². The van der Waals surface area contributed by atoms with E-state index in [4.69, 9.17) is 4.74 Å². The highest BCUT2D eigenvalue weighted by molar-refractivity contribution is 5.83. The molecule has 0 spiro atoms. The Morgan fingerprint density at radius 1 is 1.33 bits per heavy atom. The molecular formula is C15H18FN3O2. The average molecular weight is 291 g/mol. The highest BCUT2D eigenvalue weighted by atomic mass is 19.1. The van der Waals surface area contributed by atoms with Crippen LogP contribution in [-0.2, 0) is 11.3 Å². The van der Waals surface area contributed by atoms with Crippen molar-refractivity contribution < 1.29 is 13.9 Å². The Labute approximate surface area is 122 Å². The summed E-state index contributed by atoms with van der Waals surface area (Å²) in [6.45, 7) is 4.34. The number of nitrogens with zero attached hydrogens (tertiary/aromatic N) is 3. The summed E-state index contributed by atoms with van der Waals surface area (Å²) in [6, 6.07) is 5.83. The van der Waals surface area contributed by atoms with E-state index in [1.807, 2.05) is 13.8 Å². The topological polar surface area (TPSA) is 57.0 Å². The number of hydrogen-bond donors (Lipinski definition) is 0. The Kier molecular flexibility index (Phi) is 4.67. The van der Waals surface area contributed by atoms with E-state index >= 15 is 0 Å². The third-order valence-corrected chi connectivity index (χ3v) is 3.34. The molecule has 0 radical (unpaired) electrons. The molecule has 0 N–H and O–H groups in total. The molecule has 0 atom stereocenters. The minimum Gasteiger partial charge on any atom is -0.494 e. The lowest BCUT2D eigenvalue weighted by atomic mass is 9.85. The molecule has 0 saturated heterocycles. The van der Waals surface area contributed by atoms with Gasteiger partial charge in [0, 0.05) is 5.41 Å². The van der Waals surface area contributed by atoms with Crippen molar-refractivity contribution in [2.24, 2.45) is 5.41 Å². The second kappa shape index (κ2) is 6.47. The van der Waals surface area contributed by atoms with Crippen LogP contribution in [0.3, 0.4) is 0 Å². The number of hydrogen-bond acceptors (Lipinski definition) is 4. The molecule has 1 aromatic carbocycles. The van der Waals surface area contributed by atoms with Crippen molar-refractivity contribution in [1.82, 2.24) is 14.8 Å². The molecule has 6 heteroatoms. The number of carbonyl (C=O) groups excluding carboxylic acids is 1. The molecule has 1 heterocycles. The zero-order chi connectivity index (χ0) is 15.3. The number of carbonyl (C=O) groups is 1. The van der Waals surface area contributed by atoms with Gasteiger partial charge in [-0.1, -0.05) is 13.8 Å². The summed E-state index contributed by atoms with van der Waals surface area (Å²) in [7, 11) is 0. The van der Waals surface area contributed by atoms with E-state index in [2.05, 4.69) is 10.1 Å². The molecule has 2 aromatic rings. The van der Waals surface area contributed by atoms with Crippen LogP contribution in [0.5, 0.6) is 5.75 Å². The van der Waals surface area contributed by atoms with Crippen molar-refractivity contribution in [2.75, 3.05) is 6.61 Å². The second-order valence-electron chi connectivity index (χ2n) is 5.45. The minimum absolute atomic E-state index is 0.0655. The van der Waals surface area contributed by atoms with Gasteiger partial charge in [-0.2, -0.15) is 5.10 Å². The zero-order valence-electron chi connectivity index (χ0n) is 12.1. The lowest BCUT2D eigenvalue weighted by molar-refractivity contribution is -0.128. The van der Waals surface area contributed by atoms with Gasteiger partial charge < -0.3 is 4.74 Å². The number of benzene rings is 1. The van der Waals surface area contributed by atoms with Gasteiger partial charge in [0.05, 0.1) is 6.61 Å². The van der Waals surface area contributed by atoms with Crippen molar-refractivity contribution in [3.8, 4) is 5.75 Å². The predicted octanol–water partition coefficient (Wildman–Crippen LogP) is 2.48. The van der Waals surface area contributed by atoms with E-state index in [1.54, 1.807) is 12.1 Å². The fraction of sp³-hybridized carbons (Fsp3) is 0.400. The summed E-state index contributed by atoms with van der Waals surface area (Å²) in [5, 5.41) is 3.92. The van der Waals surface area contributed by atoms with Crippen LogP contribution >= 0.6 is 0 Å². The molecule has 0 aliphatic heterocycles. The fourth-order valence-corrected chi connectivity index (χ4v) is 1.77. The van der Waals surface area contributed by atoms with Crippen molar-refractivity contribution >= 4 is 5.78 Å². The van der Waals surface area contributed by atoms with Crippen LogP contribution in [0.4, 0.5) is 4.39 Å². The maximum atomic E-state index is 12.8. The maximum absolute atomic E-state index is 12.8. The van der Waals surface area contributed by atoms with Gasteiger partial charge in [0.15, 0.2) is 5.78 Å². The zero-order valence-corrected chi connectivity index (χ0v) is 12.1. The highest BCUT2D eigenvalue weighted by Gasteiger charge is 2.27. The number of ether oxygens (including phenoxy) is 1. The largest absolute Gasteiger partial charge is 0.494 e. The van der Waals surface area contributed by atoms with Gasteiger partial charge in [-0.25, -0.2) is 14.1 Å². The molecular weight excluding hydrogens is 273 g/mol. The van der Waals surface area contributed by atoms with E-state index in [0.29, 0.717) is 18.8 Å². The van der Waals surface area contributed by atoms with Gasteiger partial charge in [0.25, 0.3) is 0 Å². The molecule has 5 nitrogen and oxygen atoms in total.